The van der Waals surface area contributed by atoms with E-state index in [-0.39, 0.29) is 0 Å². The summed E-state index contributed by atoms with van der Waals surface area (Å²) in [6, 6.07) is 5.31. The van der Waals surface area contributed by atoms with Crippen molar-refractivity contribution in [2.45, 2.75) is 39.7 Å². The van der Waals surface area contributed by atoms with Gasteiger partial charge in [0.25, 0.3) is 0 Å². The first-order valence-electron chi connectivity index (χ1n) is 6.88. The minimum absolute atomic E-state index is 0.356. The van der Waals surface area contributed by atoms with Crippen LogP contribution in [0.4, 0.5) is 5.69 Å². The monoisotopic (exact) mass is 248 g/mol. The maximum Gasteiger partial charge on any atom is 0.120 e. The number of aromatic hydroxyl groups is 1. The quantitative estimate of drug-likeness (QED) is 0.636. The van der Waals surface area contributed by atoms with Gasteiger partial charge in [-0.05, 0) is 49.4 Å². The van der Waals surface area contributed by atoms with Crippen LogP contribution in [0.3, 0.4) is 0 Å². The van der Waals surface area contributed by atoms with Crippen LogP contribution in [0.2, 0.25) is 0 Å². The van der Waals surface area contributed by atoms with E-state index in [1.807, 2.05) is 6.07 Å². The van der Waals surface area contributed by atoms with Crippen molar-refractivity contribution in [2.24, 2.45) is 5.41 Å². The van der Waals surface area contributed by atoms with Gasteiger partial charge >= 0.3 is 0 Å². The lowest BCUT2D eigenvalue weighted by molar-refractivity contribution is 0.235. The van der Waals surface area contributed by atoms with Crippen LogP contribution in [-0.2, 0) is 6.54 Å². The van der Waals surface area contributed by atoms with E-state index < -0.39 is 0 Å². The highest BCUT2D eigenvalue weighted by atomic mass is 16.3. The molecule has 0 amide bonds. The van der Waals surface area contributed by atoms with Crippen LogP contribution in [-0.4, -0.2) is 23.1 Å². The molecule has 18 heavy (non-hydrogen) atoms. The molecule has 1 aromatic rings. The largest absolute Gasteiger partial charge is 0.508 e. The average Bonchev–Trinajstić information content (AvgIpc) is 2.78. The summed E-state index contributed by atoms with van der Waals surface area (Å²) in [5, 5.41) is 9.86. The Morgan fingerprint density at radius 2 is 2.06 bits per heavy atom. The smallest absolute Gasteiger partial charge is 0.120 e. The van der Waals surface area contributed by atoms with Gasteiger partial charge < -0.3 is 10.8 Å². The molecule has 1 aromatic carbocycles. The van der Waals surface area contributed by atoms with Gasteiger partial charge in [0.1, 0.15) is 5.75 Å². The second-order valence-corrected chi connectivity index (χ2v) is 5.56. The van der Waals surface area contributed by atoms with Crippen LogP contribution < -0.4 is 5.73 Å². The van der Waals surface area contributed by atoms with Crippen LogP contribution in [0.5, 0.6) is 5.75 Å². The lowest BCUT2D eigenvalue weighted by Crippen LogP contribution is -2.26. The molecule has 2 rings (SSSR count). The Hall–Kier alpha value is -1.22. The van der Waals surface area contributed by atoms with Crippen LogP contribution in [0.15, 0.2) is 18.2 Å². The molecule has 0 spiro atoms. The molecule has 0 radical (unpaired) electrons. The standard InChI is InChI=1S/C15H24N2O/c1-3-15(4-2)7-8-17(11-15)10-12-9-13(16)5-6-14(12)18/h5-6,9,18H,3-4,7-8,10-11,16H2,1-2H3. The second kappa shape index (κ2) is 5.19. The topological polar surface area (TPSA) is 49.5 Å². The Morgan fingerprint density at radius 3 is 2.67 bits per heavy atom. The van der Waals surface area contributed by atoms with Crippen molar-refractivity contribution in [3.8, 4) is 5.75 Å². The summed E-state index contributed by atoms with van der Waals surface area (Å²) in [5.74, 6) is 0.356. The zero-order valence-corrected chi connectivity index (χ0v) is 11.4. The van der Waals surface area contributed by atoms with E-state index in [0.717, 1.165) is 30.9 Å². The number of nitrogens with two attached hydrogens (primary N) is 1. The molecule has 0 aliphatic carbocycles. The van der Waals surface area contributed by atoms with Crippen LogP contribution in [0.1, 0.15) is 38.7 Å². The van der Waals surface area contributed by atoms with Crippen molar-refractivity contribution in [1.82, 2.24) is 4.90 Å². The molecule has 0 bridgehead atoms. The van der Waals surface area contributed by atoms with Crippen LogP contribution >= 0.6 is 0 Å². The predicted molar refractivity (Wildman–Crippen MR) is 75.4 cm³/mol. The first kappa shape index (κ1) is 13.2. The van der Waals surface area contributed by atoms with E-state index in [1.54, 1.807) is 12.1 Å². The molecule has 1 aliphatic heterocycles. The first-order valence-corrected chi connectivity index (χ1v) is 6.88. The van der Waals surface area contributed by atoms with Crippen molar-refractivity contribution in [3.05, 3.63) is 23.8 Å². The minimum atomic E-state index is 0.356. The van der Waals surface area contributed by atoms with Crippen LogP contribution in [0, 0.1) is 5.41 Å². The third-order valence-corrected chi connectivity index (χ3v) is 4.51. The summed E-state index contributed by atoms with van der Waals surface area (Å²) in [6.07, 6.45) is 3.74. The summed E-state index contributed by atoms with van der Waals surface area (Å²) in [5.41, 5.74) is 7.92. The molecule has 3 N–H and O–H groups in total. The summed E-state index contributed by atoms with van der Waals surface area (Å²) in [4.78, 5) is 2.43. The van der Waals surface area contributed by atoms with E-state index in [4.69, 9.17) is 5.73 Å². The number of hydrogen-bond acceptors (Lipinski definition) is 3. The van der Waals surface area contributed by atoms with Crippen molar-refractivity contribution in [1.29, 1.82) is 0 Å². The van der Waals surface area contributed by atoms with Gasteiger partial charge in [-0.1, -0.05) is 13.8 Å². The normalized spacial score (nSPS) is 19.2. The number of likely N-dealkylation sites (tertiary alicyclic amines) is 1. The molecule has 1 aliphatic rings. The summed E-state index contributed by atoms with van der Waals surface area (Å²) < 4.78 is 0. The highest BCUT2D eigenvalue weighted by Crippen LogP contribution is 2.38. The number of phenols is 1. The molecular formula is C15H24N2O. The molecule has 3 nitrogen and oxygen atoms in total. The fraction of sp³-hybridized carbons (Fsp3) is 0.600. The minimum Gasteiger partial charge on any atom is -0.508 e. The van der Waals surface area contributed by atoms with Gasteiger partial charge in [-0.3, -0.25) is 4.90 Å². The summed E-state index contributed by atoms with van der Waals surface area (Å²) in [7, 11) is 0. The van der Waals surface area contributed by atoms with Gasteiger partial charge in [-0.15, -0.1) is 0 Å². The Kier molecular flexibility index (Phi) is 3.81. The van der Waals surface area contributed by atoms with Gasteiger partial charge in [-0.25, -0.2) is 0 Å². The maximum atomic E-state index is 9.86. The molecule has 1 heterocycles. The van der Waals surface area contributed by atoms with E-state index in [0.29, 0.717) is 11.2 Å². The zero-order valence-electron chi connectivity index (χ0n) is 11.4. The molecular weight excluding hydrogens is 224 g/mol. The number of nitrogen functional groups attached to an aromatic ring is 1. The van der Waals surface area contributed by atoms with E-state index in [1.165, 1.54) is 19.3 Å². The lowest BCUT2D eigenvalue weighted by Gasteiger charge is -2.26. The van der Waals surface area contributed by atoms with Crippen molar-refractivity contribution < 1.29 is 5.11 Å². The lowest BCUT2D eigenvalue weighted by atomic mass is 9.82. The molecule has 0 saturated carbocycles. The maximum absolute atomic E-state index is 9.86. The van der Waals surface area contributed by atoms with E-state index in [9.17, 15) is 5.11 Å². The molecule has 0 atom stereocenters. The van der Waals surface area contributed by atoms with Gasteiger partial charge in [-0.2, -0.15) is 0 Å². The van der Waals surface area contributed by atoms with Gasteiger partial charge in [0.2, 0.25) is 0 Å². The number of phenolic OH excluding ortho intramolecular Hbond substituents is 1. The molecule has 100 valence electrons. The highest BCUT2D eigenvalue weighted by molar-refractivity contribution is 5.47. The summed E-state index contributed by atoms with van der Waals surface area (Å²) in [6.45, 7) is 7.62. The van der Waals surface area contributed by atoms with E-state index in [2.05, 4.69) is 18.7 Å². The SMILES string of the molecule is CCC1(CC)CCN(Cc2cc(N)ccc2O)C1. The molecule has 3 heteroatoms. The van der Waals surface area contributed by atoms with Crippen molar-refractivity contribution in [3.63, 3.8) is 0 Å². The Morgan fingerprint density at radius 1 is 1.33 bits per heavy atom. The number of anilines is 1. The Labute approximate surface area is 110 Å². The predicted octanol–water partition coefficient (Wildman–Crippen LogP) is 2.99. The first-order chi connectivity index (χ1) is 8.58. The number of hydrogen-bond donors (Lipinski definition) is 2. The number of benzene rings is 1. The zero-order chi connectivity index (χ0) is 13.2. The third-order valence-electron chi connectivity index (χ3n) is 4.51. The van der Waals surface area contributed by atoms with Gasteiger partial charge in [0.05, 0.1) is 0 Å². The second-order valence-electron chi connectivity index (χ2n) is 5.56. The number of rotatable bonds is 4. The third kappa shape index (κ3) is 2.61. The van der Waals surface area contributed by atoms with Gasteiger partial charge in [0, 0.05) is 24.3 Å². The fourth-order valence-corrected chi connectivity index (χ4v) is 2.96. The average molecular weight is 248 g/mol. The highest BCUT2D eigenvalue weighted by Gasteiger charge is 2.34. The molecule has 0 unspecified atom stereocenters. The Balaban J connectivity index is 2.05. The van der Waals surface area contributed by atoms with E-state index >= 15 is 0 Å². The van der Waals surface area contributed by atoms with Crippen LogP contribution in [0.25, 0.3) is 0 Å². The van der Waals surface area contributed by atoms with Gasteiger partial charge in [0.15, 0.2) is 0 Å². The molecule has 0 aromatic heterocycles. The molecule has 1 saturated heterocycles. The van der Waals surface area contributed by atoms with Crippen molar-refractivity contribution >= 4 is 5.69 Å². The summed E-state index contributed by atoms with van der Waals surface area (Å²) >= 11 is 0. The Bertz CT molecular complexity index is 413. The number of nitrogens with zero attached hydrogens (tertiary/aromatic N) is 1. The molecule has 1 fully saturated rings. The van der Waals surface area contributed by atoms with Crippen molar-refractivity contribution in [2.75, 3.05) is 18.8 Å². The fourth-order valence-electron chi connectivity index (χ4n) is 2.96.